The lowest BCUT2D eigenvalue weighted by molar-refractivity contribution is 0.505. The van der Waals surface area contributed by atoms with Gasteiger partial charge in [-0.15, -0.1) is 0 Å². The van der Waals surface area contributed by atoms with E-state index in [1.807, 2.05) is 18.2 Å². The molecule has 0 fully saturated rings. The van der Waals surface area contributed by atoms with Gasteiger partial charge in [0.05, 0.1) is 0 Å². The normalized spacial score (nSPS) is 11.9. The van der Waals surface area contributed by atoms with E-state index in [9.17, 15) is 8.42 Å². The largest absolute Gasteiger partial charge is 0.278 e. The molecule has 0 bridgehead atoms. The molecule has 0 saturated carbocycles. The van der Waals surface area contributed by atoms with Crippen LogP contribution in [0, 0.1) is 0 Å². The van der Waals surface area contributed by atoms with Gasteiger partial charge in [0, 0.05) is 39.0 Å². The van der Waals surface area contributed by atoms with E-state index in [0.717, 1.165) is 10.00 Å². The highest BCUT2D eigenvalue weighted by atomic mass is 32.2. The first-order valence-electron chi connectivity index (χ1n) is 4.59. The topological polar surface area (TPSA) is 62.3 Å². The second-order valence-corrected chi connectivity index (χ2v) is 5.22. The number of pyridine rings is 1. The zero-order valence-corrected chi connectivity index (χ0v) is 9.66. The molecular formula is C9H15N3O2S. The van der Waals surface area contributed by atoms with E-state index in [4.69, 9.17) is 0 Å². The summed E-state index contributed by atoms with van der Waals surface area (Å²) in [6.45, 7) is 0.359. The van der Waals surface area contributed by atoms with E-state index in [2.05, 4.69) is 9.71 Å². The highest BCUT2D eigenvalue weighted by molar-refractivity contribution is 7.87. The first kappa shape index (κ1) is 12.1. The van der Waals surface area contributed by atoms with Crippen molar-refractivity contribution < 1.29 is 8.42 Å². The average Bonchev–Trinajstić information content (AvgIpc) is 2.19. The molecule has 0 aromatic carbocycles. The first-order chi connectivity index (χ1) is 7.02. The third kappa shape index (κ3) is 3.94. The number of nitrogens with one attached hydrogen (secondary N) is 1. The summed E-state index contributed by atoms with van der Waals surface area (Å²) in [6.07, 6.45) is 2.28. The van der Waals surface area contributed by atoms with Gasteiger partial charge in [-0.2, -0.15) is 12.7 Å². The van der Waals surface area contributed by atoms with Gasteiger partial charge in [0.2, 0.25) is 0 Å². The van der Waals surface area contributed by atoms with E-state index < -0.39 is 10.2 Å². The Bertz CT molecular complexity index is 389. The van der Waals surface area contributed by atoms with Crippen LogP contribution >= 0.6 is 0 Å². The van der Waals surface area contributed by atoms with Gasteiger partial charge in [0.1, 0.15) is 0 Å². The Balaban J connectivity index is 2.41. The minimum absolute atomic E-state index is 0.359. The number of rotatable bonds is 5. The quantitative estimate of drug-likeness (QED) is 0.774. The maximum absolute atomic E-state index is 11.3. The molecule has 84 valence electrons. The van der Waals surface area contributed by atoms with Gasteiger partial charge >= 0.3 is 0 Å². The lowest BCUT2D eigenvalue weighted by atomic mass is 10.3. The van der Waals surface area contributed by atoms with E-state index in [0.29, 0.717) is 13.0 Å². The summed E-state index contributed by atoms with van der Waals surface area (Å²) < 4.78 is 26.2. The van der Waals surface area contributed by atoms with Crippen molar-refractivity contribution in [3.05, 3.63) is 30.1 Å². The van der Waals surface area contributed by atoms with Crippen LogP contribution in [0.25, 0.3) is 0 Å². The number of hydrogen-bond acceptors (Lipinski definition) is 3. The third-order valence-electron chi connectivity index (χ3n) is 1.87. The van der Waals surface area contributed by atoms with Crippen molar-refractivity contribution in [3.63, 3.8) is 0 Å². The van der Waals surface area contributed by atoms with E-state index in [1.54, 1.807) is 6.20 Å². The van der Waals surface area contributed by atoms with Crippen molar-refractivity contribution in [1.82, 2.24) is 14.0 Å². The fourth-order valence-corrected chi connectivity index (χ4v) is 1.60. The lowest BCUT2D eigenvalue weighted by Gasteiger charge is -2.11. The minimum atomic E-state index is -3.31. The summed E-state index contributed by atoms with van der Waals surface area (Å²) in [5.74, 6) is 0. The van der Waals surface area contributed by atoms with Crippen molar-refractivity contribution in [3.8, 4) is 0 Å². The van der Waals surface area contributed by atoms with E-state index in [-0.39, 0.29) is 0 Å². The maximum atomic E-state index is 11.3. The summed E-state index contributed by atoms with van der Waals surface area (Å²) in [5, 5.41) is 0. The SMILES string of the molecule is CN(C)S(=O)(=O)NCCc1ccccn1. The van der Waals surface area contributed by atoms with Crippen LogP contribution in [0.3, 0.4) is 0 Å². The summed E-state index contributed by atoms with van der Waals surface area (Å²) in [4.78, 5) is 4.09. The smallest absolute Gasteiger partial charge is 0.261 e. The Labute approximate surface area is 90.3 Å². The van der Waals surface area contributed by atoms with Crippen LogP contribution in [0.15, 0.2) is 24.4 Å². The number of hydrogen-bond donors (Lipinski definition) is 1. The summed E-state index contributed by atoms with van der Waals surface area (Å²) in [7, 11) is -0.334. The zero-order valence-electron chi connectivity index (χ0n) is 8.84. The molecule has 1 rings (SSSR count). The molecular weight excluding hydrogens is 214 g/mol. The molecule has 1 aromatic rings. The first-order valence-corrected chi connectivity index (χ1v) is 6.03. The molecule has 0 amide bonds. The molecule has 0 aliphatic rings. The Kier molecular flexibility index (Phi) is 4.19. The van der Waals surface area contributed by atoms with Gasteiger partial charge in [-0.25, -0.2) is 4.72 Å². The van der Waals surface area contributed by atoms with Crippen LogP contribution in [-0.4, -0.2) is 38.3 Å². The second-order valence-electron chi connectivity index (χ2n) is 3.25. The van der Waals surface area contributed by atoms with Gasteiger partial charge in [-0.05, 0) is 12.1 Å². The lowest BCUT2D eigenvalue weighted by Crippen LogP contribution is -2.36. The Morgan fingerprint density at radius 2 is 2.13 bits per heavy atom. The van der Waals surface area contributed by atoms with Gasteiger partial charge < -0.3 is 0 Å². The molecule has 0 radical (unpaired) electrons. The van der Waals surface area contributed by atoms with Crippen molar-refractivity contribution in [2.75, 3.05) is 20.6 Å². The van der Waals surface area contributed by atoms with Gasteiger partial charge in [-0.3, -0.25) is 4.98 Å². The molecule has 15 heavy (non-hydrogen) atoms. The molecule has 0 saturated heterocycles. The van der Waals surface area contributed by atoms with Crippen molar-refractivity contribution in [2.45, 2.75) is 6.42 Å². The predicted octanol–water partition coefficient (Wildman–Crippen LogP) is 0.0201. The average molecular weight is 229 g/mol. The molecule has 0 aliphatic heterocycles. The summed E-state index contributed by atoms with van der Waals surface area (Å²) in [6, 6.07) is 5.57. The van der Waals surface area contributed by atoms with Crippen LogP contribution < -0.4 is 4.72 Å². The van der Waals surface area contributed by atoms with Crippen LogP contribution in [0.2, 0.25) is 0 Å². The van der Waals surface area contributed by atoms with Gasteiger partial charge in [0.25, 0.3) is 10.2 Å². The Morgan fingerprint density at radius 1 is 1.40 bits per heavy atom. The highest BCUT2D eigenvalue weighted by Gasteiger charge is 2.11. The van der Waals surface area contributed by atoms with Gasteiger partial charge in [-0.1, -0.05) is 6.07 Å². The summed E-state index contributed by atoms with van der Waals surface area (Å²) >= 11 is 0. The third-order valence-corrected chi connectivity index (χ3v) is 3.40. The van der Waals surface area contributed by atoms with Gasteiger partial charge in [0.15, 0.2) is 0 Å². The molecule has 1 heterocycles. The molecule has 1 N–H and O–H groups in total. The molecule has 0 atom stereocenters. The molecule has 0 spiro atoms. The Morgan fingerprint density at radius 3 is 2.67 bits per heavy atom. The predicted molar refractivity (Wildman–Crippen MR) is 58.6 cm³/mol. The molecule has 0 aliphatic carbocycles. The monoisotopic (exact) mass is 229 g/mol. The fraction of sp³-hybridized carbons (Fsp3) is 0.444. The van der Waals surface area contributed by atoms with Crippen molar-refractivity contribution in [2.24, 2.45) is 0 Å². The van der Waals surface area contributed by atoms with Crippen LogP contribution in [0.5, 0.6) is 0 Å². The van der Waals surface area contributed by atoms with Crippen LogP contribution in [-0.2, 0) is 16.6 Å². The van der Waals surface area contributed by atoms with Crippen molar-refractivity contribution >= 4 is 10.2 Å². The molecule has 1 aromatic heterocycles. The maximum Gasteiger partial charge on any atom is 0.278 e. The zero-order chi connectivity index (χ0) is 11.3. The second kappa shape index (κ2) is 5.20. The minimum Gasteiger partial charge on any atom is -0.261 e. The molecule has 5 nitrogen and oxygen atoms in total. The fourth-order valence-electron chi connectivity index (χ4n) is 0.983. The molecule has 6 heteroatoms. The van der Waals surface area contributed by atoms with Crippen molar-refractivity contribution in [1.29, 1.82) is 0 Å². The number of aromatic nitrogens is 1. The van der Waals surface area contributed by atoms with Crippen LogP contribution in [0.4, 0.5) is 0 Å². The van der Waals surface area contributed by atoms with E-state index in [1.165, 1.54) is 14.1 Å². The number of nitrogens with zero attached hydrogens (tertiary/aromatic N) is 2. The standard InChI is InChI=1S/C9H15N3O2S/c1-12(2)15(13,14)11-8-6-9-5-3-4-7-10-9/h3-5,7,11H,6,8H2,1-2H3. The molecule has 0 unspecified atom stereocenters. The highest BCUT2D eigenvalue weighted by Crippen LogP contribution is 1.94. The Hall–Kier alpha value is -0.980. The van der Waals surface area contributed by atoms with Crippen LogP contribution in [0.1, 0.15) is 5.69 Å². The van der Waals surface area contributed by atoms with E-state index >= 15 is 0 Å². The summed E-state index contributed by atoms with van der Waals surface area (Å²) in [5.41, 5.74) is 0.874.